The maximum Gasteiger partial charge on any atom is 0.750 e. The number of carbonyl (C=O) groups excluding carboxylic acids is 1. The molecule has 0 amide bonds. The number of H-pyrrole nitrogens is 1. The van der Waals surface area contributed by atoms with Crippen LogP contribution < -0.4 is 21.5 Å². The van der Waals surface area contributed by atoms with E-state index in [0.717, 1.165) is 16.8 Å². The fraction of sp³-hybridized carbons (Fsp3) is 0.353. The zero-order chi connectivity index (χ0) is 22.2. The Balaban J connectivity index is 1.51. The molecule has 3 N–H and O–H groups in total. The number of nitrogens with zero attached hydrogens (tertiary/aromatic N) is 1. The molecule has 0 bridgehead atoms. The molecule has 0 spiro atoms. The van der Waals surface area contributed by atoms with Crippen LogP contribution in [0.15, 0.2) is 46.1 Å². The summed E-state index contributed by atoms with van der Waals surface area (Å²) in [5, 5.41) is 0. The van der Waals surface area contributed by atoms with Crippen LogP contribution in [-0.2, 0) is 29.8 Å². The van der Waals surface area contributed by atoms with Crippen LogP contribution in [0.4, 0.5) is 9.18 Å². The van der Waals surface area contributed by atoms with Gasteiger partial charge in [-0.2, -0.15) is 0 Å². The number of ether oxygens (including phenoxy) is 3. The van der Waals surface area contributed by atoms with Crippen molar-refractivity contribution in [2.24, 2.45) is 5.73 Å². The first-order chi connectivity index (χ1) is 14.8. The minimum Gasteiger partial charge on any atom is -0.422 e. The summed E-state index contributed by atoms with van der Waals surface area (Å²) in [5.74, 6) is -2.63. The van der Waals surface area contributed by atoms with E-state index in [2.05, 4.69) is 0 Å². The molecule has 2 aliphatic heterocycles. The van der Waals surface area contributed by atoms with Crippen molar-refractivity contribution >= 4 is 14.4 Å². The first-order valence-corrected chi connectivity index (χ1v) is 10.0. The normalized spacial score (nSPS) is 27.4. The molecule has 12 nitrogen and oxygen atoms in total. The van der Waals surface area contributed by atoms with Crippen LogP contribution in [0.2, 0.25) is 0 Å². The molecule has 0 aliphatic carbocycles. The molecular formula is C17H16FN3O9P+. The summed E-state index contributed by atoms with van der Waals surface area (Å²) in [6.07, 6.45) is -4.58. The number of hydrogen-bond donors (Lipinski definition) is 2. The quantitative estimate of drug-likeness (QED) is 0.451. The van der Waals surface area contributed by atoms with Gasteiger partial charge in [0.05, 0.1) is 0 Å². The van der Waals surface area contributed by atoms with Crippen LogP contribution in [0.5, 0.6) is 5.75 Å². The average molecular weight is 456 g/mol. The van der Waals surface area contributed by atoms with E-state index >= 15 is 4.39 Å². The number of hydrogen-bond acceptors (Lipinski definition) is 10. The lowest BCUT2D eigenvalue weighted by atomic mass is 10.1. The van der Waals surface area contributed by atoms with Crippen LogP contribution in [0.1, 0.15) is 11.8 Å². The van der Waals surface area contributed by atoms with Gasteiger partial charge in [-0.3, -0.25) is 14.3 Å². The lowest BCUT2D eigenvalue weighted by Gasteiger charge is -2.21. The van der Waals surface area contributed by atoms with Crippen molar-refractivity contribution in [2.45, 2.75) is 30.8 Å². The zero-order valence-corrected chi connectivity index (χ0v) is 16.5. The summed E-state index contributed by atoms with van der Waals surface area (Å²) >= 11 is 0. The van der Waals surface area contributed by atoms with Crippen molar-refractivity contribution in [1.29, 1.82) is 0 Å². The molecule has 14 heteroatoms. The smallest absolute Gasteiger partial charge is 0.422 e. The third kappa shape index (κ3) is 4.08. The van der Waals surface area contributed by atoms with Gasteiger partial charge in [-0.25, -0.2) is 18.5 Å². The van der Waals surface area contributed by atoms with E-state index in [4.69, 9.17) is 29.0 Å². The van der Waals surface area contributed by atoms with E-state index < -0.39 is 56.6 Å². The SMILES string of the molecule is NCc1ccccc1O[P+](=O)OC[C@@]1(F)O[C@@H](n2ccc(=O)[nH]c2=O)[C@@H]2OC(=O)O[C@@H]21. The monoisotopic (exact) mass is 456 g/mol. The number of halogens is 1. The van der Waals surface area contributed by atoms with Gasteiger partial charge in [0.1, 0.15) is 0 Å². The van der Waals surface area contributed by atoms with Gasteiger partial charge in [-0.05, 0) is 6.07 Å². The minimum atomic E-state index is -2.86. The van der Waals surface area contributed by atoms with E-state index in [1.165, 1.54) is 6.07 Å². The third-order valence-electron chi connectivity index (χ3n) is 4.63. The Morgan fingerprint density at radius 3 is 2.74 bits per heavy atom. The van der Waals surface area contributed by atoms with Crippen LogP contribution in [0.25, 0.3) is 0 Å². The molecule has 2 aliphatic rings. The van der Waals surface area contributed by atoms with Gasteiger partial charge in [-0.15, -0.1) is 4.52 Å². The highest BCUT2D eigenvalue weighted by molar-refractivity contribution is 7.33. The highest BCUT2D eigenvalue weighted by atomic mass is 31.1. The number of para-hydroxylation sites is 1. The summed E-state index contributed by atoms with van der Waals surface area (Å²) in [5.41, 5.74) is 4.53. The molecule has 2 saturated heterocycles. The Kier molecular flexibility index (Phi) is 5.58. The molecule has 5 atom stereocenters. The van der Waals surface area contributed by atoms with Gasteiger partial charge >= 0.3 is 20.1 Å². The molecule has 3 heterocycles. The zero-order valence-electron chi connectivity index (χ0n) is 15.6. The average Bonchev–Trinajstić information content (AvgIpc) is 3.24. The van der Waals surface area contributed by atoms with E-state index in [1.54, 1.807) is 18.2 Å². The summed E-state index contributed by atoms with van der Waals surface area (Å²) < 4.78 is 53.7. The first kappa shape index (κ1) is 21.1. The number of nitrogens with two attached hydrogens (primary N) is 1. The Morgan fingerprint density at radius 1 is 1.23 bits per heavy atom. The van der Waals surface area contributed by atoms with Gasteiger partial charge in [0.25, 0.3) is 11.4 Å². The summed E-state index contributed by atoms with van der Waals surface area (Å²) in [7, 11) is -2.86. The van der Waals surface area contributed by atoms with Crippen molar-refractivity contribution in [3.63, 3.8) is 0 Å². The van der Waals surface area contributed by atoms with Gasteiger partial charge in [0.15, 0.2) is 24.7 Å². The molecule has 4 rings (SSSR count). The van der Waals surface area contributed by atoms with Crippen molar-refractivity contribution in [3.05, 3.63) is 62.9 Å². The van der Waals surface area contributed by atoms with Crippen LogP contribution in [-0.4, -0.2) is 40.4 Å². The second kappa shape index (κ2) is 8.19. The molecular weight excluding hydrogens is 440 g/mol. The first-order valence-electron chi connectivity index (χ1n) is 8.92. The summed E-state index contributed by atoms with van der Waals surface area (Å²) in [6, 6.07) is 7.50. The predicted molar refractivity (Wildman–Crippen MR) is 98.9 cm³/mol. The summed E-state index contributed by atoms with van der Waals surface area (Å²) in [4.78, 5) is 36.9. The molecule has 2 fully saturated rings. The number of aromatic amines is 1. The minimum absolute atomic E-state index is 0.113. The van der Waals surface area contributed by atoms with Crippen LogP contribution >= 0.6 is 8.25 Å². The number of nitrogens with one attached hydrogen (secondary N) is 1. The van der Waals surface area contributed by atoms with E-state index in [1.807, 2.05) is 4.98 Å². The number of benzene rings is 1. The molecule has 2 aromatic rings. The molecule has 1 aromatic carbocycles. The number of carbonyl (C=O) groups is 1. The fourth-order valence-electron chi connectivity index (χ4n) is 3.22. The standard InChI is InChI=1S/C17H15FN3O9P/c18-17(8-26-31(25)30-10-4-2-1-3-9(10)7-19)13-12(27-16(24)28-13)14(29-17)21-6-5-11(22)20-15(21)23/h1-6,12-14H,7-8,19H2/p+1/t12-,13+,14-,17-/m1/s1. The van der Waals surface area contributed by atoms with Crippen LogP contribution in [0.3, 0.4) is 0 Å². The second-order valence-corrected chi connectivity index (χ2v) is 7.47. The van der Waals surface area contributed by atoms with Crippen molar-refractivity contribution in [2.75, 3.05) is 6.61 Å². The number of aromatic nitrogens is 2. The highest BCUT2D eigenvalue weighted by Gasteiger charge is 2.66. The van der Waals surface area contributed by atoms with Crippen molar-refractivity contribution in [1.82, 2.24) is 9.55 Å². The van der Waals surface area contributed by atoms with Gasteiger partial charge in [-0.1, -0.05) is 18.2 Å². The van der Waals surface area contributed by atoms with Gasteiger partial charge in [0, 0.05) is 28.9 Å². The topological polar surface area (TPSA) is 161 Å². The predicted octanol–water partition coefficient (Wildman–Crippen LogP) is 0.847. The van der Waals surface area contributed by atoms with E-state index in [-0.39, 0.29) is 12.3 Å². The van der Waals surface area contributed by atoms with Crippen molar-refractivity contribution < 1.29 is 37.0 Å². The second-order valence-electron chi connectivity index (χ2n) is 6.58. The molecule has 164 valence electrons. The number of alkyl halides is 1. The number of rotatable bonds is 7. The Bertz CT molecular complexity index is 1140. The Morgan fingerprint density at radius 2 is 2.00 bits per heavy atom. The fourth-order valence-corrected chi connectivity index (χ4v) is 3.89. The molecule has 0 saturated carbocycles. The van der Waals surface area contributed by atoms with E-state index in [0.29, 0.717) is 5.56 Å². The van der Waals surface area contributed by atoms with Crippen LogP contribution in [0, 0.1) is 0 Å². The summed E-state index contributed by atoms with van der Waals surface area (Å²) in [6.45, 7) is -0.860. The highest BCUT2D eigenvalue weighted by Crippen LogP contribution is 2.46. The number of fused-ring (bicyclic) bond motifs is 1. The van der Waals surface area contributed by atoms with Gasteiger partial charge in [0.2, 0.25) is 6.10 Å². The van der Waals surface area contributed by atoms with Crippen molar-refractivity contribution in [3.8, 4) is 5.75 Å². The van der Waals surface area contributed by atoms with Gasteiger partial charge < -0.3 is 19.9 Å². The Hall–Kier alpha value is -3.12. The maximum absolute atomic E-state index is 15.5. The lowest BCUT2D eigenvalue weighted by Crippen LogP contribution is -2.41. The Labute approximate surface area is 173 Å². The van der Waals surface area contributed by atoms with E-state index in [9.17, 15) is 18.9 Å². The molecule has 1 unspecified atom stereocenters. The molecule has 0 radical (unpaired) electrons. The maximum atomic E-state index is 15.5. The lowest BCUT2D eigenvalue weighted by molar-refractivity contribution is -0.207. The largest absolute Gasteiger partial charge is 0.750 e. The molecule has 31 heavy (non-hydrogen) atoms. The third-order valence-corrected chi connectivity index (χ3v) is 5.32. The molecule has 1 aromatic heterocycles.